The van der Waals surface area contributed by atoms with Gasteiger partial charge < -0.3 is 14.8 Å². The summed E-state index contributed by atoms with van der Waals surface area (Å²) in [6.07, 6.45) is 6.89. The van der Waals surface area contributed by atoms with Gasteiger partial charge in [0.2, 0.25) is 0 Å². The maximum atomic E-state index is 15.2. The van der Waals surface area contributed by atoms with Crippen molar-refractivity contribution in [3.63, 3.8) is 0 Å². The fourth-order valence-electron chi connectivity index (χ4n) is 4.44. The van der Waals surface area contributed by atoms with Crippen molar-refractivity contribution in [2.45, 2.75) is 40.5 Å². The average molecular weight is 515 g/mol. The number of fused-ring (bicyclic) bond motifs is 2. The van der Waals surface area contributed by atoms with E-state index in [1.165, 1.54) is 18.7 Å². The Balaban J connectivity index is 1.38. The second kappa shape index (κ2) is 11.0. The topological polar surface area (TPSA) is 86.5 Å². The van der Waals surface area contributed by atoms with Crippen molar-refractivity contribution in [2.24, 2.45) is 11.8 Å². The molecule has 196 valence electrons. The first-order chi connectivity index (χ1) is 18.4. The Hall–Kier alpha value is -4.27. The van der Waals surface area contributed by atoms with Gasteiger partial charge in [0.25, 0.3) is 0 Å². The molecule has 0 radical (unpaired) electrons. The van der Waals surface area contributed by atoms with Gasteiger partial charge in [-0.25, -0.2) is 23.9 Å². The normalized spacial score (nSPS) is 13.0. The zero-order chi connectivity index (χ0) is 26.6. The van der Waals surface area contributed by atoms with Crippen LogP contribution in [0, 0.1) is 24.6 Å². The SMILES string of the molecule is CCC(C)CC(C)COc1c(C)ccc2ncnc(Nc3ccc(Oc4ccn5ncnc5c4)cc3F)c12. The van der Waals surface area contributed by atoms with Crippen LogP contribution in [0.15, 0.2) is 61.3 Å². The lowest BCUT2D eigenvalue weighted by Crippen LogP contribution is -2.13. The molecular formula is C29H31FN6O2. The van der Waals surface area contributed by atoms with Gasteiger partial charge in [-0.15, -0.1) is 0 Å². The van der Waals surface area contributed by atoms with E-state index >= 15 is 4.39 Å². The number of hydrogen-bond acceptors (Lipinski definition) is 7. The van der Waals surface area contributed by atoms with Crippen LogP contribution in [0.1, 0.15) is 39.2 Å². The molecule has 0 aliphatic carbocycles. The van der Waals surface area contributed by atoms with Crippen LogP contribution in [-0.4, -0.2) is 31.2 Å². The molecule has 0 fully saturated rings. The van der Waals surface area contributed by atoms with E-state index < -0.39 is 5.82 Å². The molecule has 9 heteroatoms. The first-order valence-electron chi connectivity index (χ1n) is 12.8. The number of nitrogens with zero attached hydrogens (tertiary/aromatic N) is 5. The minimum atomic E-state index is -0.477. The summed E-state index contributed by atoms with van der Waals surface area (Å²) in [6.45, 7) is 9.24. The largest absolute Gasteiger partial charge is 0.492 e. The van der Waals surface area contributed by atoms with Gasteiger partial charge >= 0.3 is 0 Å². The van der Waals surface area contributed by atoms with Crippen molar-refractivity contribution in [2.75, 3.05) is 11.9 Å². The summed E-state index contributed by atoms with van der Waals surface area (Å²) >= 11 is 0. The summed E-state index contributed by atoms with van der Waals surface area (Å²) in [5, 5.41) is 7.93. The Morgan fingerprint density at radius 1 is 0.974 bits per heavy atom. The molecule has 38 heavy (non-hydrogen) atoms. The fraction of sp³-hybridized carbons (Fsp3) is 0.310. The number of aryl methyl sites for hydroxylation is 1. The Morgan fingerprint density at radius 2 is 1.82 bits per heavy atom. The molecule has 3 aromatic heterocycles. The third-order valence-corrected chi connectivity index (χ3v) is 6.65. The number of rotatable bonds is 10. The molecule has 0 bridgehead atoms. The molecule has 0 saturated heterocycles. The number of nitrogens with one attached hydrogen (secondary N) is 1. The molecule has 2 unspecified atom stereocenters. The Kier molecular flexibility index (Phi) is 7.35. The Bertz CT molecular complexity index is 1570. The molecule has 0 aliphatic heterocycles. The van der Waals surface area contributed by atoms with E-state index in [9.17, 15) is 0 Å². The van der Waals surface area contributed by atoms with Crippen LogP contribution in [0.5, 0.6) is 17.2 Å². The van der Waals surface area contributed by atoms with Crippen molar-refractivity contribution in [1.82, 2.24) is 24.6 Å². The highest BCUT2D eigenvalue weighted by Crippen LogP contribution is 2.36. The number of aromatic nitrogens is 5. The van der Waals surface area contributed by atoms with Crippen molar-refractivity contribution in [3.05, 3.63) is 72.7 Å². The van der Waals surface area contributed by atoms with Crippen LogP contribution in [0.3, 0.4) is 0 Å². The molecule has 0 amide bonds. The number of pyridine rings is 1. The Labute approximate surface area is 220 Å². The third kappa shape index (κ3) is 5.51. The van der Waals surface area contributed by atoms with E-state index in [0.29, 0.717) is 47.2 Å². The molecule has 0 spiro atoms. The molecule has 0 aliphatic rings. The molecule has 8 nitrogen and oxygen atoms in total. The first-order valence-corrected chi connectivity index (χ1v) is 12.8. The fourth-order valence-corrected chi connectivity index (χ4v) is 4.44. The maximum absolute atomic E-state index is 15.2. The predicted octanol–water partition coefficient (Wildman–Crippen LogP) is 7.11. The van der Waals surface area contributed by atoms with Crippen LogP contribution in [0.4, 0.5) is 15.9 Å². The van der Waals surface area contributed by atoms with Crippen LogP contribution < -0.4 is 14.8 Å². The maximum Gasteiger partial charge on any atom is 0.158 e. The first kappa shape index (κ1) is 25.4. The van der Waals surface area contributed by atoms with Crippen molar-refractivity contribution in [1.29, 1.82) is 0 Å². The molecule has 3 heterocycles. The smallest absolute Gasteiger partial charge is 0.158 e. The molecule has 5 rings (SSSR count). The number of anilines is 2. The second-order valence-electron chi connectivity index (χ2n) is 9.79. The molecule has 1 N–H and O–H groups in total. The van der Waals surface area contributed by atoms with E-state index in [2.05, 4.69) is 46.1 Å². The summed E-state index contributed by atoms with van der Waals surface area (Å²) < 4.78 is 29.0. The summed E-state index contributed by atoms with van der Waals surface area (Å²) in [4.78, 5) is 13.0. The van der Waals surface area contributed by atoms with Gasteiger partial charge in [-0.2, -0.15) is 5.10 Å². The zero-order valence-corrected chi connectivity index (χ0v) is 22.0. The average Bonchev–Trinajstić information content (AvgIpc) is 3.38. The molecule has 2 aromatic carbocycles. The van der Waals surface area contributed by atoms with Gasteiger partial charge in [0.15, 0.2) is 5.65 Å². The molecule has 5 aromatic rings. The number of benzene rings is 2. The molecular weight excluding hydrogens is 483 g/mol. The van der Waals surface area contributed by atoms with Gasteiger partial charge in [0, 0.05) is 18.3 Å². The quantitative estimate of drug-likeness (QED) is 0.213. The van der Waals surface area contributed by atoms with E-state index in [-0.39, 0.29) is 5.69 Å². The van der Waals surface area contributed by atoms with E-state index in [0.717, 1.165) is 29.3 Å². The third-order valence-electron chi connectivity index (χ3n) is 6.65. The minimum Gasteiger partial charge on any atom is -0.492 e. The highest BCUT2D eigenvalue weighted by atomic mass is 19.1. The summed E-state index contributed by atoms with van der Waals surface area (Å²) in [5.41, 5.74) is 2.60. The van der Waals surface area contributed by atoms with E-state index in [1.54, 1.807) is 35.0 Å². The summed E-state index contributed by atoms with van der Waals surface area (Å²) in [6, 6.07) is 12.0. The standard InChI is InChI=1S/C29H31FN6O2/c1-5-18(2)12-19(3)15-37-28-20(4)6-8-25-27(28)29(33-16-31-25)35-24-9-7-21(13-23(24)30)38-22-10-11-36-26(14-22)32-17-34-36/h6-11,13-14,16-19H,5,12,15H2,1-4H3,(H,31,33,35). The van der Waals surface area contributed by atoms with Crippen molar-refractivity contribution in [3.8, 4) is 17.2 Å². The van der Waals surface area contributed by atoms with Gasteiger partial charge in [0.05, 0.1) is 23.2 Å². The molecule has 2 atom stereocenters. The van der Waals surface area contributed by atoms with Crippen LogP contribution in [0.2, 0.25) is 0 Å². The van der Waals surface area contributed by atoms with Gasteiger partial charge in [-0.05, 0) is 55.0 Å². The lowest BCUT2D eigenvalue weighted by molar-refractivity contribution is 0.235. The van der Waals surface area contributed by atoms with Crippen molar-refractivity contribution >= 4 is 28.1 Å². The van der Waals surface area contributed by atoms with Gasteiger partial charge in [-0.1, -0.05) is 33.3 Å². The monoisotopic (exact) mass is 514 g/mol. The number of ether oxygens (including phenoxy) is 2. The zero-order valence-electron chi connectivity index (χ0n) is 22.0. The minimum absolute atomic E-state index is 0.267. The van der Waals surface area contributed by atoms with Crippen LogP contribution in [-0.2, 0) is 0 Å². The van der Waals surface area contributed by atoms with Crippen molar-refractivity contribution < 1.29 is 13.9 Å². The number of halogens is 1. The lowest BCUT2D eigenvalue weighted by Gasteiger charge is -2.19. The van der Waals surface area contributed by atoms with Crippen LogP contribution >= 0.6 is 0 Å². The summed E-state index contributed by atoms with van der Waals surface area (Å²) in [7, 11) is 0. The van der Waals surface area contributed by atoms with E-state index in [4.69, 9.17) is 9.47 Å². The Morgan fingerprint density at radius 3 is 2.63 bits per heavy atom. The van der Waals surface area contributed by atoms with E-state index in [1.807, 2.05) is 19.1 Å². The van der Waals surface area contributed by atoms with Crippen LogP contribution in [0.25, 0.3) is 16.6 Å². The summed E-state index contributed by atoms with van der Waals surface area (Å²) in [5.74, 6) is 2.65. The lowest BCUT2D eigenvalue weighted by atomic mass is 9.96. The van der Waals surface area contributed by atoms with Gasteiger partial charge in [0.1, 0.15) is 41.5 Å². The molecule has 0 saturated carbocycles. The highest BCUT2D eigenvalue weighted by molar-refractivity contribution is 5.96. The number of hydrogen-bond donors (Lipinski definition) is 1. The highest BCUT2D eigenvalue weighted by Gasteiger charge is 2.17. The predicted molar refractivity (Wildman–Crippen MR) is 146 cm³/mol. The second-order valence-corrected chi connectivity index (χ2v) is 9.79. The van der Waals surface area contributed by atoms with Gasteiger partial charge in [-0.3, -0.25) is 0 Å².